The van der Waals surface area contributed by atoms with Crippen molar-refractivity contribution in [3.8, 4) is 34.5 Å². The summed E-state index contributed by atoms with van der Waals surface area (Å²) in [6, 6.07) is 2.89. The first-order valence-corrected chi connectivity index (χ1v) is 6.72. The van der Waals surface area contributed by atoms with Gasteiger partial charge in [0.05, 0.1) is 0 Å². The van der Waals surface area contributed by atoms with Crippen LogP contribution in [-0.2, 0) is 0 Å². The molecule has 6 N–H and O–H groups in total. The molecule has 0 fully saturated rings. The smallest absolute Gasteiger partial charge is 0.200 e. The molecule has 0 aliphatic heterocycles. The number of phenolic OH excluding ortho intramolecular Hbond substituents is 6. The Kier molecular flexibility index (Phi) is 3.97. The number of aromatic hydroxyl groups is 6. The Morgan fingerprint density at radius 1 is 0.783 bits per heavy atom. The second-order valence-electron chi connectivity index (χ2n) is 5.40. The van der Waals surface area contributed by atoms with Gasteiger partial charge in [-0.3, -0.25) is 4.79 Å². The maximum atomic E-state index is 12.6. The van der Waals surface area contributed by atoms with Gasteiger partial charge < -0.3 is 30.6 Å². The number of ketones is 1. The molecule has 2 aromatic rings. The molecular weight excluding hydrogens is 304 g/mol. The topological polar surface area (TPSA) is 138 Å². The average Bonchev–Trinajstić information content (AvgIpc) is 2.48. The third kappa shape index (κ3) is 2.68. The SMILES string of the molecule is CC(C)c1c(C(=O)c2cc(O)c(O)c(O)c2)cc(O)c(O)c1O. The van der Waals surface area contributed by atoms with Crippen LogP contribution in [0.25, 0.3) is 0 Å². The Balaban J connectivity index is 2.69. The number of hydrogen-bond acceptors (Lipinski definition) is 7. The molecule has 23 heavy (non-hydrogen) atoms. The average molecular weight is 320 g/mol. The van der Waals surface area contributed by atoms with Crippen LogP contribution in [0.15, 0.2) is 18.2 Å². The van der Waals surface area contributed by atoms with E-state index in [-0.39, 0.29) is 22.6 Å². The summed E-state index contributed by atoms with van der Waals surface area (Å²) in [4.78, 5) is 12.6. The molecule has 0 unspecified atom stereocenters. The van der Waals surface area contributed by atoms with Gasteiger partial charge in [-0.15, -0.1) is 0 Å². The van der Waals surface area contributed by atoms with Crippen molar-refractivity contribution in [2.75, 3.05) is 0 Å². The number of carbonyl (C=O) groups excluding carboxylic acids is 1. The highest BCUT2D eigenvalue weighted by molar-refractivity contribution is 6.11. The van der Waals surface area contributed by atoms with Crippen LogP contribution >= 0.6 is 0 Å². The highest BCUT2D eigenvalue weighted by Gasteiger charge is 2.25. The predicted molar refractivity (Wildman–Crippen MR) is 80.4 cm³/mol. The van der Waals surface area contributed by atoms with Crippen LogP contribution < -0.4 is 0 Å². The van der Waals surface area contributed by atoms with Gasteiger partial charge in [0.15, 0.2) is 34.5 Å². The van der Waals surface area contributed by atoms with E-state index in [1.807, 2.05) is 0 Å². The van der Waals surface area contributed by atoms with Crippen molar-refractivity contribution < 1.29 is 35.4 Å². The number of phenols is 6. The van der Waals surface area contributed by atoms with Gasteiger partial charge in [-0.1, -0.05) is 13.8 Å². The first kappa shape index (κ1) is 16.3. The largest absolute Gasteiger partial charge is 0.504 e. The molecule has 2 rings (SSSR count). The van der Waals surface area contributed by atoms with Crippen LogP contribution in [0.5, 0.6) is 34.5 Å². The van der Waals surface area contributed by atoms with Crippen LogP contribution in [0.1, 0.15) is 41.3 Å². The molecule has 0 aliphatic rings. The van der Waals surface area contributed by atoms with Crippen molar-refractivity contribution in [1.29, 1.82) is 0 Å². The normalized spacial score (nSPS) is 10.9. The molecule has 0 spiro atoms. The van der Waals surface area contributed by atoms with E-state index in [4.69, 9.17) is 0 Å². The molecule has 2 aromatic carbocycles. The quantitative estimate of drug-likeness (QED) is 0.377. The third-order valence-corrected chi connectivity index (χ3v) is 3.45. The van der Waals surface area contributed by atoms with Gasteiger partial charge in [-0.2, -0.15) is 0 Å². The Labute approximate surface area is 131 Å². The minimum atomic E-state index is -0.762. The van der Waals surface area contributed by atoms with Crippen molar-refractivity contribution in [3.05, 3.63) is 34.9 Å². The maximum Gasteiger partial charge on any atom is 0.200 e. The zero-order valence-corrected chi connectivity index (χ0v) is 12.4. The van der Waals surface area contributed by atoms with Gasteiger partial charge in [-0.25, -0.2) is 0 Å². The molecule has 0 saturated heterocycles. The maximum absolute atomic E-state index is 12.6. The number of hydrogen-bond donors (Lipinski definition) is 6. The Morgan fingerprint density at radius 2 is 1.26 bits per heavy atom. The summed E-state index contributed by atoms with van der Waals surface area (Å²) in [6.07, 6.45) is 0. The molecule has 0 saturated carbocycles. The van der Waals surface area contributed by atoms with E-state index in [9.17, 15) is 35.4 Å². The van der Waals surface area contributed by atoms with Crippen LogP contribution in [0, 0.1) is 0 Å². The van der Waals surface area contributed by atoms with Crippen LogP contribution in [0.2, 0.25) is 0 Å². The van der Waals surface area contributed by atoms with Crippen LogP contribution in [0.3, 0.4) is 0 Å². The standard InChI is InChI=1S/C16H16O7/c1-6(2)12-8(5-11(19)15(22)16(12)23)13(20)7-3-9(17)14(21)10(18)4-7/h3-6,17-19,21-23H,1-2H3. The predicted octanol–water partition coefficient (Wildman–Crippen LogP) is 2.27. The summed E-state index contributed by atoms with van der Waals surface area (Å²) in [6.45, 7) is 3.35. The second-order valence-corrected chi connectivity index (χ2v) is 5.40. The van der Waals surface area contributed by atoms with E-state index in [2.05, 4.69) is 0 Å². The number of benzene rings is 2. The molecule has 0 radical (unpaired) electrons. The van der Waals surface area contributed by atoms with Crippen molar-refractivity contribution in [1.82, 2.24) is 0 Å². The van der Waals surface area contributed by atoms with E-state index in [1.165, 1.54) is 0 Å². The van der Waals surface area contributed by atoms with E-state index in [0.29, 0.717) is 0 Å². The lowest BCUT2D eigenvalue weighted by Crippen LogP contribution is -2.07. The zero-order chi connectivity index (χ0) is 17.5. The third-order valence-electron chi connectivity index (χ3n) is 3.45. The molecule has 0 heterocycles. The molecule has 122 valence electrons. The summed E-state index contributed by atoms with van der Waals surface area (Å²) in [5.74, 6) is -5.25. The van der Waals surface area contributed by atoms with Gasteiger partial charge >= 0.3 is 0 Å². The molecular formula is C16H16O7. The van der Waals surface area contributed by atoms with E-state index in [1.54, 1.807) is 13.8 Å². The van der Waals surface area contributed by atoms with Crippen molar-refractivity contribution in [3.63, 3.8) is 0 Å². The fourth-order valence-corrected chi connectivity index (χ4v) is 2.32. The molecule has 0 amide bonds. The van der Waals surface area contributed by atoms with Crippen molar-refractivity contribution in [2.24, 2.45) is 0 Å². The number of rotatable bonds is 3. The fourth-order valence-electron chi connectivity index (χ4n) is 2.32. The highest BCUT2D eigenvalue weighted by Crippen LogP contribution is 2.44. The lowest BCUT2D eigenvalue weighted by Gasteiger charge is -2.16. The van der Waals surface area contributed by atoms with Gasteiger partial charge in [-0.05, 0) is 24.1 Å². The van der Waals surface area contributed by atoms with Gasteiger partial charge in [0, 0.05) is 16.7 Å². The van der Waals surface area contributed by atoms with E-state index >= 15 is 0 Å². The summed E-state index contributed by atoms with van der Waals surface area (Å²) >= 11 is 0. The monoisotopic (exact) mass is 320 g/mol. The Morgan fingerprint density at radius 3 is 1.74 bits per heavy atom. The first-order valence-electron chi connectivity index (χ1n) is 6.72. The van der Waals surface area contributed by atoms with Crippen molar-refractivity contribution >= 4 is 5.78 Å². The fraction of sp³-hybridized carbons (Fsp3) is 0.188. The zero-order valence-electron chi connectivity index (χ0n) is 12.4. The molecule has 7 heteroatoms. The van der Waals surface area contributed by atoms with E-state index in [0.717, 1.165) is 18.2 Å². The van der Waals surface area contributed by atoms with E-state index < -0.39 is 40.3 Å². The van der Waals surface area contributed by atoms with Crippen LogP contribution in [0.4, 0.5) is 0 Å². The molecule has 0 aliphatic carbocycles. The summed E-state index contributed by atoms with van der Waals surface area (Å²) in [7, 11) is 0. The van der Waals surface area contributed by atoms with Crippen LogP contribution in [-0.4, -0.2) is 36.4 Å². The minimum Gasteiger partial charge on any atom is -0.504 e. The van der Waals surface area contributed by atoms with Gasteiger partial charge in [0.2, 0.25) is 5.75 Å². The van der Waals surface area contributed by atoms with Gasteiger partial charge in [0.25, 0.3) is 0 Å². The second kappa shape index (κ2) is 5.60. The Bertz CT molecular complexity index is 770. The lowest BCUT2D eigenvalue weighted by atomic mass is 9.90. The highest BCUT2D eigenvalue weighted by atomic mass is 16.3. The minimum absolute atomic E-state index is 0.0997. The summed E-state index contributed by atoms with van der Waals surface area (Å²) < 4.78 is 0. The summed E-state index contributed by atoms with van der Waals surface area (Å²) in [5, 5.41) is 57.6. The molecule has 0 bridgehead atoms. The van der Waals surface area contributed by atoms with Crippen molar-refractivity contribution in [2.45, 2.75) is 19.8 Å². The van der Waals surface area contributed by atoms with Gasteiger partial charge in [0.1, 0.15) is 0 Å². The summed E-state index contributed by atoms with van der Waals surface area (Å²) in [5.41, 5.74) is -0.154. The molecule has 7 nitrogen and oxygen atoms in total. The molecule has 0 aromatic heterocycles. The number of carbonyl (C=O) groups is 1. The molecule has 0 atom stereocenters. The lowest BCUT2D eigenvalue weighted by molar-refractivity contribution is 0.103. The first-order chi connectivity index (χ1) is 10.6. The Hall–Kier alpha value is -3.09.